The molecule has 2 aromatic carbocycles. The van der Waals surface area contributed by atoms with Crippen LogP contribution >= 0.6 is 0 Å². The van der Waals surface area contributed by atoms with Crippen molar-refractivity contribution >= 4 is 28.0 Å². The smallest absolute Gasteiger partial charge is 0.335 e. The summed E-state index contributed by atoms with van der Waals surface area (Å²) in [5.74, 6) is 0.00239. The average Bonchev–Trinajstić information content (AvgIpc) is 3.26. The van der Waals surface area contributed by atoms with Crippen LogP contribution in [0.15, 0.2) is 79.8 Å². The van der Waals surface area contributed by atoms with E-state index in [0.29, 0.717) is 5.75 Å². The molecule has 5 nitrogen and oxygen atoms in total. The number of H-pyrrole nitrogens is 1. The number of aryl methyl sites for hydroxylation is 1. The second-order valence-electron chi connectivity index (χ2n) is 7.19. The lowest BCUT2D eigenvalue weighted by Crippen LogP contribution is -2.06. The number of fused-ring (bicyclic) bond motifs is 1. The molecule has 0 spiro atoms. The number of aromatic nitrogens is 3. The van der Waals surface area contributed by atoms with Gasteiger partial charge in [0.15, 0.2) is 0 Å². The van der Waals surface area contributed by atoms with Gasteiger partial charge < -0.3 is 4.74 Å². The zero-order valence-electron chi connectivity index (χ0n) is 17.6. The lowest BCUT2D eigenvalue weighted by molar-refractivity contribution is -0.128. The van der Waals surface area contributed by atoms with Crippen molar-refractivity contribution in [2.45, 2.75) is 20.3 Å². The number of carbonyl (C=O) groups is 1. The summed E-state index contributed by atoms with van der Waals surface area (Å²) < 4.78 is 5.61. The number of carbonyl (C=O) groups excluding carboxylic acids is 1. The number of aromatic amines is 1. The maximum absolute atomic E-state index is 12.0. The lowest BCUT2D eigenvalue weighted by atomic mass is 9.86. The van der Waals surface area contributed by atoms with Crippen LogP contribution in [0.1, 0.15) is 35.6 Å². The summed E-state index contributed by atoms with van der Waals surface area (Å²) in [6.07, 6.45) is 7.44. The first kappa shape index (κ1) is 20.3. The molecule has 0 saturated heterocycles. The largest absolute Gasteiger partial charge is 0.423 e. The van der Waals surface area contributed by atoms with Gasteiger partial charge in [-0.15, -0.1) is 0 Å². The Morgan fingerprint density at radius 1 is 1.13 bits per heavy atom. The number of benzene rings is 2. The minimum atomic E-state index is -0.491. The van der Waals surface area contributed by atoms with Gasteiger partial charge in [0.1, 0.15) is 5.75 Å². The second-order valence-corrected chi connectivity index (χ2v) is 7.19. The van der Waals surface area contributed by atoms with Crippen molar-refractivity contribution in [1.29, 1.82) is 0 Å². The van der Waals surface area contributed by atoms with E-state index in [9.17, 15) is 4.79 Å². The minimum absolute atomic E-state index is 0.491. The summed E-state index contributed by atoms with van der Waals surface area (Å²) in [5.41, 5.74) is 7.17. The summed E-state index contributed by atoms with van der Waals surface area (Å²) in [5, 5.41) is 8.16. The zero-order chi connectivity index (χ0) is 21.8. The summed E-state index contributed by atoms with van der Waals surface area (Å²) in [6.45, 7) is 7.71. The van der Waals surface area contributed by atoms with E-state index in [2.05, 4.69) is 47.7 Å². The number of nitrogens with one attached hydrogen (secondary N) is 1. The van der Waals surface area contributed by atoms with E-state index >= 15 is 0 Å². The van der Waals surface area contributed by atoms with Gasteiger partial charge in [0.25, 0.3) is 0 Å². The van der Waals surface area contributed by atoms with Crippen molar-refractivity contribution in [3.8, 4) is 5.75 Å². The Kier molecular flexibility index (Phi) is 5.76. The van der Waals surface area contributed by atoms with Gasteiger partial charge in [0, 0.05) is 29.4 Å². The summed E-state index contributed by atoms with van der Waals surface area (Å²) in [4.78, 5) is 16.3. The van der Waals surface area contributed by atoms with Gasteiger partial charge in [-0.1, -0.05) is 37.8 Å². The third-order valence-electron chi connectivity index (χ3n) is 5.26. The number of hydrogen-bond donors (Lipinski definition) is 1. The third kappa shape index (κ3) is 4.03. The number of allylic oxidation sites excluding steroid dienone is 1. The van der Waals surface area contributed by atoms with E-state index < -0.39 is 5.97 Å². The molecule has 0 fully saturated rings. The molecule has 0 aliphatic rings. The molecule has 4 rings (SSSR count). The fourth-order valence-corrected chi connectivity index (χ4v) is 3.82. The molecule has 0 amide bonds. The van der Waals surface area contributed by atoms with E-state index in [-0.39, 0.29) is 0 Å². The maximum Gasteiger partial charge on any atom is 0.335 e. The van der Waals surface area contributed by atoms with Crippen molar-refractivity contribution in [2.24, 2.45) is 0 Å². The van der Waals surface area contributed by atoms with Gasteiger partial charge in [-0.2, -0.15) is 5.10 Å². The molecule has 0 saturated carbocycles. The summed E-state index contributed by atoms with van der Waals surface area (Å²) >= 11 is 0. The van der Waals surface area contributed by atoms with Gasteiger partial charge >= 0.3 is 5.97 Å². The highest BCUT2D eigenvalue weighted by molar-refractivity contribution is 6.02. The van der Waals surface area contributed by atoms with Gasteiger partial charge in [0.05, 0.1) is 11.7 Å². The van der Waals surface area contributed by atoms with Crippen LogP contribution in [0, 0.1) is 6.92 Å². The number of nitrogens with zero attached hydrogens (tertiary/aromatic N) is 2. The molecule has 0 aliphatic carbocycles. The number of ether oxygens (including phenoxy) is 1. The molecule has 31 heavy (non-hydrogen) atoms. The maximum atomic E-state index is 12.0. The van der Waals surface area contributed by atoms with Crippen LogP contribution in [-0.2, 0) is 4.79 Å². The Balaban J connectivity index is 2.04. The Hall–Kier alpha value is -3.99. The van der Waals surface area contributed by atoms with Crippen LogP contribution < -0.4 is 4.74 Å². The molecule has 1 N–H and O–H groups in total. The number of hydrogen-bond acceptors (Lipinski definition) is 4. The summed E-state index contributed by atoms with van der Waals surface area (Å²) in [7, 11) is 0. The fourth-order valence-electron chi connectivity index (χ4n) is 3.82. The number of pyridine rings is 1. The number of para-hydroxylation sites is 1. The first-order chi connectivity index (χ1) is 15.1. The van der Waals surface area contributed by atoms with Crippen molar-refractivity contribution in [2.75, 3.05) is 0 Å². The van der Waals surface area contributed by atoms with Crippen molar-refractivity contribution < 1.29 is 9.53 Å². The second kappa shape index (κ2) is 8.79. The Morgan fingerprint density at radius 3 is 2.74 bits per heavy atom. The van der Waals surface area contributed by atoms with E-state index in [4.69, 9.17) is 4.74 Å². The molecule has 0 aliphatic heterocycles. The third-order valence-corrected chi connectivity index (χ3v) is 5.26. The summed E-state index contributed by atoms with van der Waals surface area (Å²) in [6, 6.07) is 15.8. The highest BCUT2D eigenvalue weighted by Crippen LogP contribution is 2.39. The molecule has 2 aromatic heterocycles. The first-order valence-electron chi connectivity index (χ1n) is 10.1. The Bertz CT molecular complexity index is 1300. The van der Waals surface area contributed by atoms with Gasteiger partial charge in [-0.05, 0) is 65.4 Å². The fraction of sp³-hybridized carbons (Fsp3) is 0.115. The molecule has 0 bridgehead atoms. The van der Waals surface area contributed by atoms with E-state index in [1.165, 1.54) is 6.08 Å². The predicted molar refractivity (Wildman–Crippen MR) is 124 cm³/mol. The molecule has 0 atom stereocenters. The van der Waals surface area contributed by atoms with Crippen LogP contribution in [-0.4, -0.2) is 21.2 Å². The molecular weight excluding hydrogens is 386 g/mol. The van der Waals surface area contributed by atoms with E-state index in [1.54, 1.807) is 12.3 Å². The zero-order valence-corrected chi connectivity index (χ0v) is 17.6. The molecule has 0 unspecified atom stereocenters. The molecular formula is C26H23N3O2. The SMILES string of the molecule is C=CC(=O)Oc1ccccc1/C(=C(\CC)c1ccncc1C)c1ccc2[nH]ncc2c1. The van der Waals surface area contributed by atoms with Crippen LogP contribution in [0.2, 0.25) is 0 Å². The predicted octanol–water partition coefficient (Wildman–Crippen LogP) is 5.73. The highest BCUT2D eigenvalue weighted by atomic mass is 16.5. The quantitative estimate of drug-likeness (QED) is 0.251. The van der Waals surface area contributed by atoms with Gasteiger partial charge in [-0.25, -0.2) is 4.79 Å². The van der Waals surface area contributed by atoms with Crippen LogP contribution in [0.25, 0.3) is 22.0 Å². The van der Waals surface area contributed by atoms with E-state index in [0.717, 1.165) is 50.7 Å². The topological polar surface area (TPSA) is 67.9 Å². The molecule has 0 radical (unpaired) electrons. The van der Waals surface area contributed by atoms with Crippen LogP contribution in [0.4, 0.5) is 0 Å². The number of esters is 1. The molecule has 154 valence electrons. The van der Waals surface area contributed by atoms with Crippen molar-refractivity contribution in [3.05, 3.63) is 102 Å². The first-order valence-corrected chi connectivity index (χ1v) is 10.1. The number of rotatable bonds is 6. The van der Waals surface area contributed by atoms with Crippen LogP contribution in [0.3, 0.4) is 0 Å². The Labute approximate surface area is 181 Å². The standard InChI is InChI=1S/C26H23N3O2/c1-4-20(21-12-13-27-15-17(21)3)26(18-10-11-23-19(14-18)16-28-29-23)22-8-6-7-9-24(22)31-25(30)5-2/h5-16H,2,4H2,1,3H3,(H,28,29)/b26-20+. The van der Waals surface area contributed by atoms with Crippen molar-refractivity contribution in [3.63, 3.8) is 0 Å². The molecule has 5 heteroatoms. The normalized spacial score (nSPS) is 11.8. The lowest BCUT2D eigenvalue weighted by Gasteiger charge is -2.19. The monoisotopic (exact) mass is 409 g/mol. The minimum Gasteiger partial charge on any atom is -0.423 e. The van der Waals surface area contributed by atoms with Crippen molar-refractivity contribution in [1.82, 2.24) is 15.2 Å². The molecule has 4 aromatic rings. The highest BCUT2D eigenvalue weighted by Gasteiger charge is 2.19. The van der Waals surface area contributed by atoms with Gasteiger partial charge in [-0.3, -0.25) is 10.1 Å². The molecule has 2 heterocycles. The van der Waals surface area contributed by atoms with E-state index in [1.807, 2.05) is 42.7 Å². The Morgan fingerprint density at radius 2 is 1.97 bits per heavy atom. The average molecular weight is 409 g/mol. The van der Waals surface area contributed by atoms with Crippen LogP contribution in [0.5, 0.6) is 5.75 Å². The van der Waals surface area contributed by atoms with Gasteiger partial charge in [0.2, 0.25) is 0 Å².